The highest BCUT2D eigenvalue weighted by Gasteiger charge is 2.04. The number of aliphatic imine (C=N–C) groups is 1. The van der Waals surface area contributed by atoms with Crippen molar-refractivity contribution in [3.8, 4) is 11.5 Å². The topological polar surface area (TPSA) is 89.1 Å². The van der Waals surface area contributed by atoms with E-state index in [9.17, 15) is 5.11 Å². The molecule has 0 fully saturated rings. The predicted octanol–water partition coefficient (Wildman–Crippen LogP) is 0.840. The lowest BCUT2D eigenvalue weighted by Crippen LogP contribution is -2.40. The Bertz CT molecular complexity index is 435. The molecule has 4 N–H and O–H groups in total. The van der Waals surface area contributed by atoms with Gasteiger partial charge in [-0.3, -0.25) is 0 Å². The minimum absolute atomic E-state index is 0.0765. The Morgan fingerprint density at radius 3 is 2.84 bits per heavy atom. The largest absolute Gasteiger partial charge is 0.508 e. The van der Waals surface area contributed by atoms with Gasteiger partial charge in [0.05, 0.1) is 20.3 Å². The van der Waals surface area contributed by atoms with Crippen LogP contribution < -0.4 is 15.8 Å². The molecule has 1 unspecified atom stereocenters. The van der Waals surface area contributed by atoms with Gasteiger partial charge in [-0.2, -0.15) is 0 Å². The Hall–Kier alpha value is -1.95. The van der Waals surface area contributed by atoms with E-state index in [4.69, 9.17) is 15.2 Å². The van der Waals surface area contributed by atoms with Crippen LogP contribution in [0, 0.1) is 0 Å². The fourth-order valence-electron chi connectivity index (χ4n) is 1.58. The number of phenols is 1. The lowest BCUT2D eigenvalue weighted by molar-refractivity contribution is 0.179. The Labute approximate surface area is 113 Å². The number of ether oxygens (including phenoxy) is 2. The zero-order valence-corrected chi connectivity index (χ0v) is 11.5. The van der Waals surface area contributed by atoms with E-state index in [1.54, 1.807) is 32.4 Å². The predicted molar refractivity (Wildman–Crippen MR) is 74.5 cm³/mol. The van der Waals surface area contributed by atoms with Crippen LogP contribution in [0.5, 0.6) is 11.5 Å². The van der Waals surface area contributed by atoms with E-state index in [-0.39, 0.29) is 18.3 Å². The minimum Gasteiger partial charge on any atom is -0.508 e. The van der Waals surface area contributed by atoms with E-state index in [0.717, 1.165) is 0 Å². The maximum absolute atomic E-state index is 9.70. The van der Waals surface area contributed by atoms with E-state index in [2.05, 4.69) is 10.3 Å². The number of nitrogens with two attached hydrogens (primary N) is 1. The summed E-state index contributed by atoms with van der Waals surface area (Å²) in [7, 11) is 3.20. The van der Waals surface area contributed by atoms with Crippen LogP contribution in [0.25, 0.3) is 0 Å². The van der Waals surface area contributed by atoms with E-state index in [1.165, 1.54) is 0 Å². The number of hydrogen-bond acceptors (Lipinski definition) is 4. The molecule has 0 aliphatic heterocycles. The van der Waals surface area contributed by atoms with Gasteiger partial charge in [-0.05, 0) is 25.1 Å². The third-order valence-corrected chi connectivity index (χ3v) is 2.52. The van der Waals surface area contributed by atoms with Crippen molar-refractivity contribution in [1.82, 2.24) is 5.32 Å². The number of rotatable bonds is 6. The second-order valence-corrected chi connectivity index (χ2v) is 4.20. The first kappa shape index (κ1) is 15.1. The van der Waals surface area contributed by atoms with Crippen LogP contribution in [0.15, 0.2) is 23.2 Å². The van der Waals surface area contributed by atoms with E-state index in [1.807, 2.05) is 6.92 Å². The van der Waals surface area contributed by atoms with Crippen molar-refractivity contribution in [3.63, 3.8) is 0 Å². The van der Waals surface area contributed by atoms with Gasteiger partial charge in [0, 0.05) is 18.7 Å². The summed E-state index contributed by atoms with van der Waals surface area (Å²) in [6.07, 6.45) is 0. The van der Waals surface area contributed by atoms with E-state index < -0.39 is 0 Å². The summed E-state index contributed by atoms with van der Waals surface area (Å²) in [4.78, 5) is 4.17. The number of phenolic OH excluding ortho intramolecular Hbond substituents is 1. The molecule has 1 rings (SSSR count). The molecule has 0 bridgehead atoms. The van der Waals surface area contributed by atoms with Crippen LogP contribution in [0.3, 0.4) is 0 Å². The summed E-state index contributed by atoms with van der Waals surface area (Å²) >= 11 is 0. The summed E-state index contributed by atoms with van der Waals surface area (Å²) < 4.78 is 10.1. The lowest BCUT2D eigenvalue weighted by atomic mass is 10.2. The molecule has 0 aliphatic rings. The van der Waals surface area contributed by atoms with Gasteiger partial charge in [-0.15, -0.1) is 0 Å². The van der Waals surface area contributed by atoms with Crippen molar-refractivity contribution < 1.29 is 14.6 Å². The number of guanidine groups is 1. The molecule has 1 atom stereocenters. The van der Waals surface area contributed by atoms with Gasteiger partial charge in [0.15, 0.2) is 5.96 Å². The van der Waals surface area contributed by atoms with Crippen molar-refractivity contribution in [2.45, 2.75) is 19.5 Å². The molecule has 0 aliphatic carbocycles. The smallest absolute Gasteiger partial charge is 0.189 e. The minimum atomic E-state index is 0.0765. The molecule has 6 heteroatoms. The molecule has 0 spiro atoms. The van der Waals surface area contributed by atoms with Gasteiger partial charge in [-0.25, -0.2) is 4.99 Å². The number of nitrogens with one attached hydrogen (secondary N) is 1. The quantitative estimate of drug-likeness (QED) is 0.525. The summed E-state index contributed by atoms with van der Waals surface area (Å²) in [6, 6.07) is 5.06. The first-order valence-corrected chi connectivity index (χ1v) is 5.98. The van der Waals surface area contributed by atoms with Crippen molar-refractivity contribution in [2.24, 2.45) is 10.7 Å². The number of hydrogen-bond donors (Lipinski definition) is 3. The van der Waals surface area contributed by atoms with Crippen LogP contribution in [0.2, 0.25) is 0 Å². The standard InChI is InChI=1S/C13H21N3O3/c1-9(8-18-2)16-13(14)15-7-10-6-11(19-3)4-5-12(10)17/h4-6,9,17H,7-8H2,1-3H3,(H3,14,15,16). The normalized spacial score (nSPS) is 13.1. The Morgan fingerprint density at radius 1 is 1.47 bits per heavy atom. The molecule has 0 aromatic heterocycles. The summed E-state index contributed by atoms with van der Waals surface area (Å²) in [5.41, 5.74) is 6.40. The highest BCUT2D eigenvalue weighted by molar-refractivity contribution is 5.78. The van der Waals surface area contributed by atoms with Crippen molar-refractivity contribution in [1.29, 1.82) is 0 Å². The van der Waals surface area contributed by atoms with Crippen molar-refractivity contribution in [3.05, 3.63) is 23.8 Å². The fourth-order valence-corrected chi connectivity index (χ4v) is 1.58. The van der Waals surface area contributed by atoms with E-state index in [0.29, 0.717) is 23.9 Å². The first-order chi connectivity index (χ1) is 9.06. The lowest BCUT2D eigenvalue weighted by Gasteiger charge is -2.13. The zero-order chi connectivity index (χ0) is 14.3. The molecule has 19 heavy (non-hydrogen) atoms. The third kappa shape index (κ3) is 5.05. The van der Waals surface area contributed by atoms with Gasteiger partial charge in [0.1, 0.15) is 11.5 Å². The Balaban J connectivity index is 2.64. The van der Waals surface area contributed by atoms with Gasteiger partial charge >= 0.3 is 0 Å². The maximum atomic E-state index is 9.70. The molecule has 0 saturated carbocycles. The van der Waals surface area contributed by atoms with Crippen LogP contribution in [-0.2, 0) is 11.3 Å². The zero-order valence-electron chi connectivity index (χ0n) is 11.5. The molecule has 6 nitrogen and oxygen atoms in total. The molecule has 0 radical (unpaired) electrons. The highest BCUT2D eigenvalue weighted by atomic mass is 16.5. The second-order valence-electron chi connectivity index (χ2n) is 4.20. The molecule has 106 valence electrons. The second kappa shape index (κ2) is 7.48. The number of benzene rings is 1. The molecular formula is C13H21N3O3. The van der Waals surface area contributed by atoms with Crippen molar-refractivity contribution in [2.75, 3.05) is 20.8 Å². The summed E-state index contributed by atoms with van der Waals surface area (Å²) in [6.45, 7) is 2.76. The van der Waals surface area contributed by atoms with Gasteiger partial charge in [0.25, 0.3) is 0 Å². The first-order valence-electron chi connectivity index (χ1n) is 5.98. The number of aromatic hydroxyl groups is 1. The number of nitrogens with zero attached hydrogens (tertiary/aromatic N) is 1. The average molecular weight is 267 g/mol. The summed E-state index contributed by atoms with van der Waals surface area (Å²) in [5.74, 6) is 1.15. The molecule has 0 heterocycles. The van der Waals surface area contributed by atoms with Gasteiger partial charge in [0.2, 0.25) is 0 Å². The summed E-state index contributed by atoms with van der Waals surface area (Å²) in [5, 5.41) is 12.7. The molecular weight excluding hydrogens is 246 g/mol. The Kier molecular flexibility index (Phi) is 5.95. The number of methoxy groups -OCH3 is 2. The molecule has 0 saturated heterocycles. The van der Waals surface area contributed by atoms with Crippen LogP contribution >= 0.6 is 0 Å². The van der Waals surface area contributed by atoms with Crippen LogP contribution in [-0.4, -0.2) is 37.9 Å². The molecule has 1 aromatic rings. The van der Waals surface area contributed by atoms with Crippen LogP contribution in [0.4, 0.5) is 0 Å². The average Bonchev–Trinajstić information content (AvgIpc) is 2.38. The van der Waals surface area contributed by atoms with Gasteiger partial charge < -0.3 is 25.6 Å². The van der Waals surface area contributed by atoms with Crippen molar-refractivity contribution >= 4 is 5.96 Å². The molecule has 0 amide bonds. The highest BCUT2D eigenvalue weighted by Crippen LogP contribution is 2.23. The fraction of sp³-hybridized carbons (Fsp3) is 0.462. The van der Waals surface area contributed by atoms with Gasteiger partial charge in [-0.1, -0.05) is 0 Å². The maximum Gasteiger partial charge on any atom is 0.189 e. The molecule has 1 aromatic carbocycles. The Morgan fingerprint density at radius 2 is 2.21 bits per heavy atom. The third-order valence-electron chi connectivity index (χ3n) is 2.52. The monoisotopic (exact) mass is 267 g/mol. The SMILES string of the molecule is COCC(C)NC(N)=NCc1cc(OC)ccc1O. The van der Waals surface area contributed by atoms with Crippen LogP contribution in [0.1, 0.15) is 12.5 Å². The van der Waals surface area contributed by atoms with E-state index >= 15 is 0 Å².